The summed E-state index contributed by atoms with van der Waals surface area (Å²) in [7, 11) is 0. The highest BCUT2D eigenvalue weighted by Gasteiger charge is 2.18. The van der Waals surface area contributed by atoms with Crippen molar-refractivity contribution in [2.45, 2.75) is 26.3 Å². The van der Waals surface area contributed by atoms with Crippen LogP contribution in [-0.2, 0) is 19.4 Å². The molecule has 3 aromatic carbocycles. The van der Waals surface area contributed by atoms with Gasteiger partial charge in [0.2, 0.25) is 0 Å². The third-order valence-corrected chi connectivity index (χ3v) is 6.99. The largest absolute Gasteiger partial charge is 0.334 e. The fourth-order valence-corrected chi connectivity index (χ4v) is 5.04. The van der Waals surface area contributed by atoms with Crippen molar-refractivity contribution >= 4 is 22.2 Å². The Morgan fingerprint density at radius 3 is 2.32 bits per heavy atom. The molecule has 0 saturated carbocycles. The molecule has 2 aromatic heterocycles. The highest BCUT2D eigenvalue weighted by molar-refractivity contribution is 7.15. The molecule has 1 amide bonds. The van der Waals surface area contributed by atoms with Crippen molar-refractivity contribution in [3.63, 3.8) is 0 Å². The Bertz CT molecular complexity index is 1370. The maximum Gasteiger partial charge on any atom is 0.254 e. The Morgan fingerprint density at radius 2 is 1.62 bits per heavy atom. The van der Waals surface area contributed by atoms with Gasteiger partial charge in [-0.2, -0.15) is 0 Å². The van der Waals surface area contributed by atoms with Crippen LogP contribution < -0.4 is 0 Å². The highest BCUT2D eigenvalue weighted by atomic mass is 32.1. The molecule has 0 atom stereocenters. The lowest BCUT2D eigenvalue weighted by Gasteiger charge is -2.23. The monoisotopic (exact) mass is 465 g/mol. The van der Waals surface area contributed by atoms with Gasteiger partial charge in [-0.05, 0) is 29.7 Å². The predicted molar refractivity (Wildman–Crippen MR) is 139 cm³/mol. The van der Waals surface area contributed by atoms with Crippen LogP contribution in [0.25, 0.3) is 16.2 Å². The first-order valence-corrected chi connectivity index (χ1v) is 12.5. The first-order chi connectivity index (χ1) is 16.7. The molecule has 170 valence electrons. The average molecular weight is 466 g/mol. The van der Waals surface area contributed by atoms with Crippen molar-refractivity contribution in [1.82, 2.24) is 14.3 Å². The standard InChI is InChI=1S/C29H27N3OS/c1-2-22-13-15-25(16-14-22)28(33)31(19-23-9-5-3-6-10-23)18-17-26-21-34-29-30-27(20-32(26)29)24-11-7-4-8-12-24/h3-16,20-21H,2,17-19H2,1H3. The zero-order chi connectivity index (χ0) is 23.3. The molecule has 0 saturated heterocycles. The van der Waals surface area contributed by atoms with E-state index in [9.17, 15) is 4.79 Å². The molecule has 0 N–H and O–H groups in total. The van der Waals surface area contributed by atoms with E-state index in [1.165, 1.54) is 11.3 Å². The topological polar surface area (TPSA) is 37.6 Å². The van der Waals surface area contributed by atoms with Crippen LogP contribution in [0.2, 0.25) is 0 Å². The number of amides is 1. The summed E-state index contributed by atoms with van der Waals surface area (Å²) in [5, 5.41) is 2.15. The molecule has 0 fully saturated rings. The summed E-state index contributed by atoms with van der Waals surface area (Å²) in [5.41, 5.74) is 6.36. The van der Waals surface area contributed by atoms with Crippen molar-refractivity contribution in [2.75, 3.05) is 6.54 Å². The fourth-order valence-electron chi connectivity index (χ4n) is 4.13. The average Bonchev–Trinajstić information content (AvgIpc) is 3.49. The lowest BCUT2D eigenvalue weighted by molar-refractivity contribution is 0.0744. The number of fused-ring (bicyclic) bond motifs is 1. The second kappa shape index (κ2) is 10.1. The Labute approximate surface area is 204 Å². The number of aryl methyl sites for hydroxylation is 1. The summed E-state index contributed by atoms with van der Waals surface area (Å²) < 4.78 is 2.16. The molecule has 0 unspecified atom stereocenters. The second-order valence-electron chi connectivity index (χ2n) is 8.38. The van der Waals surface area contributed by atoms with Gasteiger partial charge in [-0.25, -0.2) is 4.98 Å². The summed E-state index contributed by atoms with van der Waals surface area (Å²) in [6.07, 6.45) is 3.83. The molecule has 0 aliphatic carbocycles. The van der Waals surface area contributed by atoms with Crippen molar-refractivity contribution < 1.29 is 4.79 Å². The van der Waals surface area contributed by atoms with Crippen LogP contribution >= 0.6 is 11.3 Å². The molecular formula is C29H27N3OS. The first kappa shape index (κ1) is 22.1. The molecule has 0 aliphatic rings. The van der Waals surface area contributed by atoms with Crippen molar-refractivity contribution in [3.05, 3.63) is 119 Å². The van der Waals surface area contributed by atoms with Crippen LogP contribution in [0.15, 0.2) is 96.5 Å². The van der Waals surface area contributed by atoms with Crippen LogP contribution in [0.5, 0.6) is 0 Å². The molecule has 34 heavy (non-hydrogen) atoms. The Balaban J connectivity index is 1.38. The van der Waals surface area contributed by atoms with Crippen LogP contribution in [-0.4, -0.2) is 26.7 Å². The summed E-state index contributed by atoms with van der Waals surface area (Å²) in [5.74, 6) is 0.0635. The number of carbonyl (C=O) groups is 1. The van der Waals surface area contributed by atoms with E-state index in [4.69, 9.17) is 4.98 Å². The number of aromatic nitrogens is 2. The molecule has 5 rings (SSSR count). The van der Waals surface area contributed by atoms with Gasteiger partial charge in [0.15, 0.2) is 4.96 Å². The normalized spacial score (nSPS) is 11.1. The van der Waals surface area contributed by atoms with Gasteiger partial charge in [0.1, 0.15) is 0 Å². The van der Waals surface area contributed by atoms with E-state index in [2.05, 4.69) is 47.2 Å². The van der Waals surface area contributed by atoms with Gasteiger partial charge in [0, 0.05) is 47.9 Å². The van der Waals surface area contributed by atoms with Gasteiger partial charge < -0.3 is 4.90 Å². The minimum Gasteiger partial charge on any atom is -0.334 e. The molecule has 2 heterocycles. The fraction of sp³-hybridized carbons (Fsp3) is 0.172. The molecule has 0 aliphatic heterocycles. The second-order valence-corrected chi connectivity index (χ2v) is 9.22. The maximum atomic E-state index is 13.5. The lowest BCUT2D eigenvalue weighted by Crippen LogP contribution is -2.32. The van der Waals surface area contributed by atoms with E-state index >= 15 is 0 Å². The summed E-state index contributed by atoms with van der Waals surface area (Å²) in [6.45, 7) is 3.34. The van der Waals surface area contributed by atoms with Crippen molar-refractivity contribution in [2.24, 2.45) is 0 Å². The third-order valence-electron chi connectivity index (χ3n) is 6.10. The number of hydrogen-bond acceptors (Lipinski definition) is 3. The van der Waals surface area contributed by atoms with E-state index in [0.717, 1.165) is 40.2 Å². The molecule has 5 heteroatoms. The van der Waals surface area contributed by atoms with E-state index in [0.29, 0.717) is 13.1 Å². The van der Waals surface area contributed by atoms with Crippen LogP contribution in [0.4, 0.5) is 0 Å². The van der Waals surface area contributed by atoms with Gasteiger partial charge in [0.25, 0.3) is 5.91 Å². The quantitative estimate of drug-likeness (QED) is 0.262. The minimum atomic E-state index is 0.0635. The smallest absolute Gasteiger partial charge is 0.254 e. The van der Waals surface area contributed by atoms with E-state index in [1.54, 1.807) is 11.3 Å². The van der Waals surface area contributed by atoms with Gasteiger partial charge in [0.05, 0.1) is 5.69 Å². The number of benzene rings is 3. The summed E-state index contributed by atoms with van der Waals surface area (Å²) in [4.78, 5) is 21.2. The van der Waals surface area contributed by atoms with Gasteiger partial charge in [-0.3, -0.25) is 9.20 Å². The van der Waals surface area contributed by atoms with E-state index in [-0.39, 0.29) is 5.91 Å². The number of nitrogens with zero attached hydrogens (tertiary/aromatic N) is 3. The van der Waals surface area contributed by atoms with E-state index < -0.39 is 0 Å². The van der Waals surface area contributed by atoms with Gasteiger partial charge in [-0.1, -0.05) is 79.7 Å². The zero-order valence-electron chi connectivity index (χ0n) is 19.2. The first-order valence-electron chi connectivity index (χ1n) is 11.6. The minimum absolute atomic E-state index is 0.0635. The SMILES string of the molecule is CCc1ccc(C(=O)N(CCc2csc3nc(-c4ccccc4)cn23)Cc2ccccc2)cc1. The predicted octanol–water partition coefficient (Wildman–Crippen LogP) is 6.51. The summed E-state index contributed by atoms with van der Waals surface area (Å²) >= 11 is 1.64. The maximum absolute atomic E-state index is 13.5. The van der Waals surface area contributed by atoms with Crippen LogP contribution in [0.1, 0.15) is 34.1 Å². The van der Waals surface area contributed by atoms with Gasteiger partial charge in [-0.15, -0.1) is 11.3 Å². The number of imidazole rings is 1. The number of hydrogen-bond donors (Lipinski definition) is 0. The van der Waals surface area contributed by atoms with Crippen LogP contribution in [0.3, 0.4) is 0 Å². The molecule has 0 radical (unpaired) electrons. The molecule has 0 bridgehead atoms. The van der Waals surface area contributed by atoms with E-state index in [1.807, 2.05) is 65.6 Å². The Morgan fingerprint density at radius 1 is 0.912 bits per heavy atom. The molecule has 5 aromatic rings. The van der Waals surface area contributed by atoms with Crippen molar-refractivity contribution in [3.8, 4) is 11.3 Å². The van der Waals surface area contributed by atoms with Crippen LogP contribution in [0, 0.1) is 0 Å². The third kappa shape index (κ3) is 4.80. The zero-order valence-corrected chi connectivity index (χ0v) is 20.0. The number of thiazole rings is 1. The Kier molecular flexibility index (Phi) is 6.54. The van der Waals surface area contributed by atoms with Gasteiger partial charge >= 0.3 is 0 Å². The highest BCUT2D eigenvalue weighted by Crippen LogP contribution is 2.24. The molecule has 4 nitrogen and oxygen atoms in total. The Hall–Kier alpha value is -3.70. The number of rotatable bonds is 8. The molecular weight excluding hydrogens is 438 g/mol. The number of carbonyl (C=O) groups excluding carboxylic acids is 1. The molecule has 0 spiro atoms. The lowest BCUT2D eigenvalue weighted by atomic mass is 10.1. The van der Waals surface area contributed by atoms with Crippen molar-refractivity contribution in [1.29, 1.82) is 0 Å². The summed E-state index contributed by atoms with van der Waals surface area (Å²) in [6, 6.07) is 28.4.